The van der Waals surface area contributed by atoms with Crippen LogP contribution in [0.3, 0.4) is 0 Å². The minimum Gasteiger partial charge on any atom is -0.331 e. The predicted octanol–water partition coefficient (Wildman–Crippen LogP) is 1.05. The Balaban J connectivity index is 2.17. The molecule has 3 rings (SSSR count). The van der Waals surface area contributed by atoms with Crippen molar-refractivity contribution in [2.75, 3.05) is 0 Å². The Morgan fingerprint density at radius 1 is 1.35 bits per heavy atom. The van der Waals surface area contributed by atoms with Crippen molar-refractivity contribution in [2.45, 2.75) is 25.7 Å². The highest BCUT2D eigenvalue weighted by molar-refractivity contribution is 5.44. The van der Waals surface area contributed by atoms with Gasteiger partial charge < -0.3 is 9.55 Å². The average Bonchev–Trinajstić information content (AvgIpc) is 2.75. The Morgan fingerprint density at radius 3 is 2.94 bits per heavy atom. The van der Waals surface area contributed by atoms with Crippen LogP contribution in [0.15, 0.2) is 17.2 Å². The smallest absolute Gasteiger partial charge is 0.254 e. The zero-order chi connectivity index (χ0) is 11.8. The molecule has 88 valence electrons. The van der Waals surface area contributed by atoms with Crippen molar-refractivity contribution >= 4 is 0 Å². The third-order valence-electron chi connectivity index (χ3n) is 3.22. The second kappa shape index (κ2) is 3.84. The molecular weight excluding hydrogens is 216 g/mol. The number of aryl methyl sites for hydroxylation is 2. The molecule has 0 saturated heterocycles. The van der Waals surface area contributed by atoms with Crippen LogP contribution in [0.4, 0.5) is 0 Å². The molecule has 0 saturated carbocycles. The summed E-state index contributed by atoms with van der Waals surface area (Å²) in [7, 11) is 1.89. The standard InChI is InChI=1S/C12H14N4O/c1-16-7-6-13-11(16)10-14-9-5-3-2-4-8(9)12(17)15-10/h6-7H,2-5H2,1H3,(H,14,15,17). The second-order valence-electron chi connectivity index (χ2n) is 4.41. The first-order valence-corrected chi connectivity index (χ1v) is 5.85. The Hall–Kier alpha value is -1.91. The first-order valence-electron chi connectivity index (χ1n) is 5.85. The maximum Gasteiger partial charge on any atom is 0.254 e. The van der Waals surface area contributed by atoms with Gasteiger partial charge in [-0.05, 0) is 25.7 Å². The average molecular weight is 230 g/mol. The second-order valence-corrected chi connectivity index (χ2v) is 4.41. The lowest BCUT2D eigenvalue weighted by Crippen LogP contribution is -2.22. The number of nitrogens with one attached hydrogen (secondary N) is 1. The van der Waals surface area contributed by atoms with Crippen LogP contribution in [0.5, 0.6) is 0 Å². The lowest BCUT2D eigenvalue weighted by molar-refractivity contribution is 0.656. The van der Waals surface area contributed by atoms with Crippen LogP contribution >= 0.6 is 0 Å². The summed E-state index contributed by atoms with van der Waals surface area (Å²) in [6.45, 7) is 0. The Kier molecular flexibility index (Phi) is 2.31. The molecule has 17 heavy (non-hydrogen) atoms. The van der Waals surface area contributed by atoms with Gasteiger partial charge in [0.1, 0.15) is 0 Å². The van der Waals surface area contributed by atoms with E-state index >= 15 is 0 Å². The Bertz CT molecular complexity index is 611. The number of fused-ring (bicyclic) bond motifs is 1. The summed E-state index contributed by atoms with van der Waals surface area (Å²) in [5.41, 5.74) is 1.79. The van der Waals surface area contributed by atoms with Gasteiger partial charge in [0.15, 0.2) is 11.6 Å². The molecule has 2 aromatic rings. The van der Waals surface area contributed by atoms with Crippen molar-refractivity contribution in [3.05, 3.63) is 34.0 Å². The summed E-state index contributed by atoms with van der Waals surface area (Å²) in [5, 5.41) is 0. The predicted molar refractivity (Wildman–Crippen MR) is 63.7 cm³/mol. The third-order valence-corrected chi connectivity index (χ3v) is 3.22. The molecule has 5 nitrogen and oxygen atoms in total. The topological polar surface area (TPSA) is 63.6 Å². The summed E-state index contributed by atoms with van der Waals surface area (Å²) in [5.74, 6) is 1.28. The lowest BCUT2D eigenvalue weighted by atomic mass is 9.97. The van der Waals surface area contributed by atoms with E-state index in [9.17, 15) is 4.79 Å². The molecule has 1 N–H and O–H groups in total. The van der Waals surface area contributed by atoms with Gasteiger partial charge in [-0.25, -0.2) is 9.97 Å². The van der Waals surface area contributed by atoms with E-state index < -0.39 is 0 Å². The summed E-state index contributed by atoms with van der Waals surface area (Å²) < 4.78 is 1.85. The van der Waals surface area contributed by atoms with Gasteiger partial charge in [0.25, 0.3) is 5.56 Å². The summed E-state index contributed by atoms with van der Waals surface area (Å²) in [4.78, 5) is 23.5. The van der Waals surface area contributed by atoms with Gasteiger partial charge >= 0.3 is 0 Å². The molecule has 0 unspecified atom stereocenters. The number of hydrogen-bond donors (Lipinski definition) is 1. The van der Waals surface area contributed by atoms with E-state index in [1.807, 2.05) is 17.8 Å². The van der Waals surface area contributed by atoms with Crippen molar-refractivity contribution in [3.8, 4) is 11.6 Å². The summed E-state index contributed by atoms with van der Waals surface area (Å²) >= 11 is 0. The van der Waals surface area contributed by atoms with E-state index in [4.69, 9.17) is 0 Å². The molecule has 0 fully saturated rings. The van der Waals surface area contributed by atoms with Gasteiger partial charge in [0.2, 0.25) is 0 Å². The molecule has 2 aromatic heterocycles. The summed E-state index contributed by atoms with van der Waals surface area (Å²) in [6.07, 6.45) is 7.49. The van der Waals surface area contributed by atoms with Gasteiger partial charge in [0.05, 0.1) is 5.69 Å². The molecule has 0 aliphatic heterocycles. The maximum atomic E-state index is 12.0. The number of nitrogens with zero attached hydrogens (tertiary/aromatic N) is 3. The SMILES string of the molecule is Cn1ccnc1-c1nc2c(c(=O)[nH]1)CCCC2. The molecule has 1 aliphatic carbocycles. The molecule has 5 heteroatoms. The quantitative estimate of drug-likeness (QED) is 0.796. The summed E-state index contributed by atoms with van der Waals surface area (Å²) in [6, 6.07) is 0. The van der Waals surface area contributed by atoms with Crippen molar-refractivity contribution in [1.82, 2.24) is 19.5 Å². The minimum absolute atomic E-state index is 0.00676. The van der Waals surface area contributed by atoms with Crippen molar-refractivity contribution < 1.29 is 0 Å². The van der Waals surface area contributed by atoms with E-state index in [0.29, 0.717) is 11.6 Å². The largest absolute Gasteiger partial charge is 0.331 e. The molecule has 2 heterocycles. The highest BCUT2D eigenvalue weighted by Gasteiger charge is 2.17. The fraction of sp³-hybridized carbons (Fsp3) is 0.417. The number of rotatable bonds is 1. The van der Waals surface area contributed by atoms with Crippen LogP contribution in [0.25, 0.3) is 11.6 Å². The molecule has 0 spiro atoms. The third kappa shape index (κ3) is 1.67. The number of aromatic nitrogens is 4. The first-order chi connectivity index (χ1) is 8.25. The van der Waals surface area contributed by atoms with Gasteiger partial charge in [-0.15, -0.1) is 0 Å². The maximum absolute atomic E-state index is 12.0. The zero-order valence-corrected chi connectivity index (χ0v) is 9.73. The molecule has 0 aromatic carbocycles. The van der Waals surface area contributed by atoms with Crippen molar-refractivity contribution in [2.24, 2.45) is 7.05 Å². The van der Waals surface area contributed by atoms with Crippen LogP contribution in [0.1, 0.15) is 24.1 Å². The molecule has 1 aliphatic rings. The van der Waals surface area contributed by atoms with Crippen LogP contribution in [-0.2, 0) is 19.9 Å². The molecular formula is C12H14N4O. The fourth-order valence-corrected chi connectivity index (χ4v) is 2.30. The van der Waals surface area contributed by atoms with Crippen LogP contribution < -0.4 is 5.56 Å². The fourth-order valence-electron chi connectivity index (χ4n) is 2.30. The van der Waals surface area contributed by atoms with Gasteiger partial charge in [-0.2, -0.15) is 0 Å². The molecule has 0 atom stereocenters. The normalized spacial score (nSPS) is 14.6. The number of imidazole rings is 1. The van der Waals surface area contributed by atoms with E-state index in [1.54, 1.807) is 6.20 Å². The number of aromatic amines is 1. The molecule has 0 amide bonds. The highest BCUT2D eigenvalue weighted by Crippen LogP contribution is 2.18. The van der Waals surface area contributed by atoms with Gasteiger partial charge in [-0.1, -0.05) is 0 Å². The Labute approximate surface area is 98.5 Å². The number of H-pyrrole nitrogens is 1. The van der Waals surface area contributed by atoms with E-state index in [0.717, 1.165) is 36.9 Å². The van der Waals surface area contributed by atoms with E-state index in [2.05, 4.69) is 15.0 Å². The van der Waals surface area contributed by atoms with Gasteiger partial charge in [-0.3, -0.25) is 4.79 Å². The van der Waals surface area contributed by atoms with E-state index in [-0.39, 0.29) is 5.56 Å². The first kappa shape index (κ1) is 10.3. The minimum atomic E-state index is -0.00676. The van der Waals surface area contributed by atoms with Crippen molar-refractivity contribution in [3.63, 3.8) is 0 Å². The molecule has 0 radical (unpaired) electrons. The van der Waals surface area contributed by atoms with Crippen LogP contribution in [-0.4, -0.2) is 19.5 Å². The van der Waals surface area contributed by atoms with Crippen LogP contribution in [0.2, 0.25) is 0 Å². The molecule has 0 bridgehead atoms. The van der Waals surface area contributed by atoms with E-state index in [1.165, 1.54) is 0 Å². The van der Waals surface area contributed by atoms with Gasteiger partial charge in [0, 0.05) is 25.0 Å². The van der Waals surface area contributed by atoms with Crippen LogP contribution in [0, 0.1) is 0 Å². The highest BCUT2D eigenvalue weighted by atomic mass is 16.1. The van der Waals surface area contributed by atoms with Crippen molar-refractivity contribution in [1.29, 1.82) is 0 Å². The Morgan fingerprint density at radius 2 is 2.18 bits per heavy atom. The monoisotopic (exact) mass is 230 g/mol. The zero-order valence-electron chi connectivity index (χ0n) is 9.73. The lowest BCUT2D eigenvalue weighted by Gasteiger charge is -2.14. The number of hydrogen-bond acceptors (Lipinski definition) is 3.